The zero-order valence-electron chi connectivity index (χ0n) is 11.9. The van der Waals surface area contributed by atoms with Crippen LogP contribution in [0.4, 0.5) is 0 Å². The molecule has 1 fully saturated rings. The molecule has 1 aliphatic carbocycles. The molecule has 0 aliphatic heterocycles. The van der Waals surface area contributed by atoms with Crippen LogP contribution in [0.1, 0.15) is 43.6 Å². The minimum atomic E-state index is 0.246. The lowest BCUT2D eigenvalue weighted by atomic mass is 9.82. The van der Waals surface area contributed by atoms with Gasteiger partial charge in [-0.25, -0.2) is 0 Å². The van der Waals surface area contributed by atoms with E-state index in [0.717, 1.165) is 17.9 Å². The van der Waals surface area contributed by atoms with Gasteiger partial charge in [-0.05, 0) is 48.8 Å². The minimum Gasteiger partial charge on any atom is -0.493 e. The van der Waals surface area contributed by atoms with Gasteiger partial charge in [-0.3, -0.25) is 0 Å². The quantitative estimate of drug-likeness (QED) is 0.856. The number of methoxy groups -OCH3 is 2. The van der Waals surface area contributed by atoms with Gasteiger partial charge in [0.2, 0.25) is 0 Å². The molecule has 1 atom stereocenters. The Morgan fingerprint density at radius 3 is 2.42 bits per heavy atom. The van der Waals surface area contributed by atoms with Crippen molar-refractivity contribution in [3.63, 3.8) is 0 Å². The summed E-state index contributed by atoms with van der Waals surface area (Å²) in [5.41, 5.74) is 1.26. The first kappa shape index (κ1) is 14.2. The Hall–Kier alpha value is -1.22. The van der Waals surface area contributed by atoms with Gasteiger partial charge in [-0.1, -0.05) is 18.9 Å². The molecule has 1 aromatic rings. The van der Waals surface area contributed by atoms with Crippen LogP contribution in [0.5, 0.6) is 11.5 Å². The molecule has 106 valence electrons. The van der Waals surface area contributed by atoms with E-state index in [0.29, 0.717) is 11.8 Å². The Morgan fingerprint density at radius 1 is 1.16 bits per heavy atom. The average Bonchev–Trinajstić information content (AvgIpc) is 2.98. The van der Waals surface area contributed by atoms with Crippen LogP contribution in [-0.4, -0.2) is 25.9 Å². The van der Waals surface area contributed by atoms with Gasteiger partial charge >= 0.3 is 0 Å². The van der Waals surface area contributed by atoms with Crippen molar-refractivity contribution in [3.8, 4) is 11.5 Å². The van der Waals surface area contributed by atoms with Crippen LogP contribution in [0.15, 0.2) is 18.2 Å². The Bertz CT molecular complexity index is 397. The summed E-state index contributed by atoms with van der Waals surface area (Å²) >= 11 is 0. The SMILES string of the molecule is COc1ccc(C(CCO)C2CCCC2)cc1OC. The lowest BCUT2D eigenvalue weighted by molar-refractivity contribution is 0.254. The van der Waals surface area contributed by atoms with Gasteiger partial charge in [0.25, 0.3) is 0 Å². The summed E-state index contributed by atoms with van der Waals surface area (Å²) in [4.78, 5) is 0. The molecule has 0 heterocycles. The lowest BCUT2D eigenvalue weighted by Gasteiger charge is -2.24. The molecule has 0 aromatic heterocycles. The number of hydrogen-bond donors (Lipinski definition) is 1. The van der Waals surface area contributed by atoms with Crippen LogP contribution in [0.25, 0.3) is 0 Å². The molecule has 1 aliphatic rings. The first-order chi connectivity index (χ1) is 9.30. The van der Waals surface area contributed by atoms with Crippen molar-refractivity contribution < 1.29 is 14.6 Å². The molecule has 1 N–H and O–H groups in total. The van der Waals surface area contributed by atoms with Gasteiger partial charge < -0.3 is 14.6 Å². The van der Waals surface area contributed by atoms with Gasteiger partial charge in [0.1, 0.15) is 0 Å². The normalized spacial score (nSPS) is 17.4. The fraction of sp³-hybridized carbons (Fsp3) is 0.625. The number of ether oxygens (including phenoxy) is 2. The van der Waals surface area contributed by atoms with Crippen LogP contribution >= 0.6 is 0 Å². The molecule has 3 heteroatoms. The third kappa shape index (κ3) is 3.21. The average molecular weight is 264 g/mol. The molecule has 3 nitrogen and oxygen atoms in total. The van der Waals surface area contributed by atoms with Gasteiger partial charge in [0.05, 0.1) is 14.2 Å². The van der Waals surface area contributed by atoms with Crippen molar-refractivity contribution in [2.45, 2.75) is 38.0 Å². The van der Waals surface area contributed by atoms with Gasteiger partial charge in [0, 0.05) is 6.61 Å². The second-order valence-corrected chi connectivity index (χ2v) is 5.28. The highest BCUT2D eigenvalue weighted by Gasteiger charge is 2.26. The summed E-state index contributed by atoms with van der Waals surface area (Å²) < 4.78 is 10.7. The van der Waals surface area contributed by atoms with Crippen LogP contribution in [-0.2, 0) is 0 Å². The third-order valence-electron chi connectivity index (χ3n) is 4.24. The highest BCUT2D eigenvalue weighted by atomic mass is 16.5. The summed E-state index contributed by atoms with van der Waals surface area (Å²) in [5.74, 6) is 2.68. The number of aliphatic hydroxyl groups is 1. The highest BCUT2D eigenvalue weighted by molar-refractivity contribution is 5.44. The maximum atomic E-state index is 9.33. The van der Waals surface area contributed by atoms with Crippen LogP contribution in [0, 0.1) is 5.92 Å². The van der Waals surface area contributed by atoms with Crippen molar-refractivity contribution in [1.82, 2.24) is 0 Å². The molecule has 2 rings (SSSR count). The first-order valence-corrected chi connectivity index (χ1v) is 7.13. The maximum Gasteiger partial charge on any atom is 0.160 e. The van der Waals surface area contributed by atoms with Crippen molar-refractivity contribution >= 4 is 0 Å². The summed E-state index contributed by atoms with van der Waals surface area (Å²) in [7, 11) is 3.32. The largest absolute Gasteiger partial charge is 0.493 e. The van der Waals surface area contributed by atoms with Crippen LogP contribution < -0.4 is 9.47 Å². The van der Waals surface area contributed by atoms with Gasteiger partial charge in [-0.15, -0.1) is 0 Å². The van der Waals surface area contributed by atoms with E-state index in [-0.39, 0.29) is 6.61 Å². The Balaban J connectivity index is 2.25. The predicted octanol–water partition coefficient (Wildman–Crippen LogP) is 3.36. The summed E-state index contributed by atoms with van der Waals surface area (Å²) in [6.45, 7) is 0.246. The number of rotatable bonds is 6. The monoisotopic (exact) mass is 264 g/mol. The summed E-state index contributed by atoms with van der Waals surface area (Å²) in [5, 5.41) is 9.33. The van der Waals surface area contributed by atoms with E-state index in [4.69, 9.17) is 9.47 Å². The predicted molar refractivity (Wildman–Crippen MR) is 75.9 cm³/mol. The molecule has 1 unspecified atom stereocenters. The third-order valence-corrected chi connectivity index (χ3v) is 4.24. The van der Waals surface area contributed by atoms with E-state index >= 15 is 0 Å². The second kappa shape index (κ2) is 6.80. The van der Waals surface area contributed by atoms with Crippen LogP contribution in [0.3, 0.4) is 0 Å². The molecule has 1 saturated carbocycles. The van der Waals surface area contributed by atoms with Crippen molar-refractivity contribution in [2.24, 2.45) is 5.92 Å². The van der Waals surface area contributed by atoms with Gasteiger partial charge in [0.15, 0.2) is 11.5 Å². The molecule has 0 saturated heterocycles. The molecule has 1 aromatic carbocycles. The molecule has 0 bridgehead atoms. The second-order valence-electron chi connectivity index (χ2n) is 5.28. The molecular weight excluding hydrogens is 240 g/mol. The maximum absolute atomic E-state index is 9.33. The van der Waals surface area contributed by atoms with E-state index in [9.17, 15) is 5.11 Å². The first-order valence-electron chi connectivity index (χ1n) is 7.13. The zero-order chi connectivity index (χ0) is 13.7. The molecular formula is C16H24O3. The Labute approximate surface area is 115 Å². The van der Waals surface area contributed by atoms with Gasteiger partial charge in [-0.2, -0.15) is 0 Å². The molecule has 0 amide bonds. The summed E-state index contributed by atoms with van der Waals surface area (Å²) in [6, 6.07) is 6.14. The van der Waals surface area contributed by atoms with E-state index in [2.05, 4.69) is 12.1 Å². The van der Waals surface area contributed by atoms with E-state index in [1.165, 1.54) is 31.2 Å². The lowest BCUT2D eigenvalue weighted by Crippen LogP contribution is -2.12. The van der Waals surface area contributed by atoms with Crippen molar-refractivity contribution in [2.75, 3.05) is 20.8 Å². The highest BCUT2D eigenvalue weighted by Crippen LogP contribution is 2.41. The van der Waals surface area contributed by atoms with Crippen LogP contribution in [0.2, 0.25) is 0 Å². The standard InChI is InChI=1S/C16H24O3/c1-18-15-8-7-13(11-16(15)19-2)14(9-10-17)12-5-3-4-6-12/h7-8,11-12,14,17H,3-6,9-10H2,1-2H3. The molecule has 0 radical (unpaired) electrons. The number of aliphatic hydroxyl groups excluding tert-OH is 1. The fourth-order valence-corrected chi connectivity index (χ4v) is 3.26. The topological polar surface area (TPSA) is 38.7 Å². The molecule has 19 heavy (non-hydrogen) atoms. The summed E-state index contributed by atoms with van der Waals surface area (Å²) in [6.07, 6.45) is 6.03. The van der Waals surface area contributed by atoms with Crippen molar-refractivity contribution in [3.05, 3.63) is 23.8 Å². The zero-order valence-corrected chi connectivity index (χ0v) is 11.9. The van der Waals surface area contributed by atoms with E-state index in [1.807, 2.05) is 6.07 Å². The number of hydrogen-bond acceptors (Lipinski definition) is 3. The Morgan fingerprint density at radius 2 is 1.84 bits per heavy atom. The minimum absolute atomic E-state index is 0.246. The fourth-order valence-electron chi connectivity index (χ4n) is 3.26. The molecule has 0 spiro atoms. The Kier molecular flexibility index (Phi) is 5.08. The van der Waals surface area contributed by atoms with Crippen molar-refractivity contribution in [1.29, 1.82) is 0 Å². The number of benzene rings is 1. The van der Waals surface area contributed by atoms with E-state index in [1.54, 1.807) is 14.2 Å². The smallest absolute Gasteiger partial charge is 0.160 e. The van der Waals surface area contributed by atoms with E-state index < -0.39 is 0 Å².